The van der Waals surface area contributed by atoms with Crippen LogP contribution < -0.4 is 11.2 Å². The highest BCUT2D eigenvalue weighted by molar-refractivity contribution is 6.03. The van der Waals surface area contributed by atoms with Crippen LogP contribution >= 0.6 is 0 Å². The summed E-state index contributed by atoms with van der Waals surface area (Å²) in [5.74, 6) is 0.110. The highest BCUT2D eigenvalue weighted by atomic mass is 16.2. The van der Waals surface area contributed by atoms with Gasteiger partial charge in [-0.3, -0.25) is 4.79 Å². The maximum Gasteiger partial charge on any atom is 0.240 e. The predicted octanol–water partition coefficient (Wildman–Crippen LogP) is 1.79. The summed E-state index contributed by atoms with van der Waals surface area (Å²) in [4.78, 5) is 11.1. The number of hydrogen-bond donors (Lipinski definition) is 2. The van der Waals surface area contributed by atoms with E-state index >= 15 is 0 Å². The number of para-hydroxylation sites is 1. The van der Waals surface area contributed by atoms with Crippen LogP contribution in [0.4, 0.5) is 5.69 Å². The van der Waals surface area contributed by atoms with Crippen molar-refractivity contribution in [1.29, 1.82) is 0 Å². The molecule has 2 rings (SSSR count). The molecule has 0 saturated heterocycles. The van der Waals surface area contributed by atoms with E-state index in [1.807, 2.05) is 43.3 Å². The van der Waals surface area contributed by atoms with Crippen LogP contribution in [0, 0.1) is 5.92 Å². The lowest BCUT2D eigenvalue weighted by molar-refractivity contribution is -0.121. The van der Waals surface area contributed by atoms with Crippen LogP contribution in [0.2, 0.25) is 0 Å². The third-order valence-corrected chi connectivity index (χ3v) is 2.74. The van der Waals surface area contributed by atoms with Gasteiger partial charge in [0.15, 0.2) is 0 Å². The van der Waals surface area contributed by atoms with Gasteiger partial charge in [-0.2, -0.15) is 5.10 Å². The second-order valence-corrected chi connectivity index (χ2v) is 4.14. The van der Waals surface area contributed by atoms with Gasteiger partial charge in [-0.1, -0.05) is 31.2 Å². The van der Waals surface area contributed by atoms with Gasteiger partial charge in [0.25, 0.3) is 0 Å². The molecule has 0 aliphatic carbocycles. The Hall–Kier alpha value is -2.10. The van der Waals surface area contributed by atoms with Gasteiger partial charge in [-0.25, -0.2) is 5.43 Å². The second-order valence-electron chi connectivity index (χ2n) is 4.14. The largest absolute Gasteiger partial charge is 0.398 e. The molecule has 1 aromatic carbocycles. The van der Waals surface area contributed by atoms with Crippen molar-refractivity contribution in [2.45, 2.75) is 13.3 Å². The summed E-state index contributed by atoms with van der Waals surface area (Å²) in [7, 11) is 0. The first-order valence-electron chi connectivity index (χ1n) is 5.56. The van der Waals surface area contributed by atoms with Crippen molar-refractivity contribution in [3.05, 3.63) is 35.9 Å². The zero-order chi connectivity index (χ0) is 12.3. The molecule has 0 radical (unpaired) electrons. The van der Waals surface area contributed by atoms with Crippen LogP contribution in [0.3, 0.4) is 0 Å². The number of rotatable bonds is 2. The molecule has 1 aliphatic heterocycles. The maximum atomic E-state index is 11.1. The minimum atomic E-state index is -0.0334. The summed E-state index contributed by atoms with van der Waals surface area (Å²) in [6.45, 7) is 1.98. The minimum absolute atomic E-state index is 0.0334. The molecular formula is C13H15N3O. The average Bonchev–Trinajstić information content (AvgIpc) is 2.30. The van der Waals surface area contributed by atoms with E-state index in [0.29, 0.717) is 6.42 Å². The second kappa shape index (κ2) is 4.82. The first-order chi connectivity index (χ1) is 8.16. The molecule has 3 N–H and O–H groups in total. The summed E-state index contributed by atoms with van der Waals surface area (Å²) in [6, 6.07) is 7.63. The zero-order valence-electron chi connectivity index (χ0n) is 9.68. The van der Waals surface area contributed by atoms with E-state index in [1.54, 1.807) is 0 Å². The number of nitrogens with two attached hydrogens (primary N) is 1. The van der Waals surface area contributed by atoms with Crippen molar-refractivity contribution >= 4 is 23.4 Å². The topological polar surface area (TPSA) is 67.5 Å². The highest BCUT2D eigenvalue weighted by Gasteiger charge is 2.17. The Bertz CT molecular complexity index is 491. The molecule has 1 aromatic rings. The molecule has 1 amide bonds. The molecular weight excluding hydrogens is 214 g/mol. The number of hydrogen-bond acceptors (Lipinski definition) is 3. The Balaban J connectivity index is 2.16. The van der Waals surface area contributed by atoms with E-state index in [4.69, 9.17) is 5.73 Å². The molecule has 1 aliphatic rings. The summed E-state index contributed by atoms with van der Waals surface area (Å²) >= 11 is 0. The number of nitrogens with zero attached hydrogens (tertiary/aromatic N) is 1. The summed E-state index contributed by atoms with van der Waals surface area (Å²) < 4.78 is 0. The van der Waals surface area contributed by atoms with Gasteiger partial charge >= 0.3 is 0 Å². The van der Waals surface area contributed by atoms with Gasteiger partial charge in [0, 0.05) is 18.0 Å². The lowest BCUT2D eigenvalue weighted by atomic mass is 9.99. The molecule has 0 saturated carbocycles. The molecule has 4 heteroatoms. The molecule has 1 atom stereocenters. The number of allylic oxidation sites excluding steroid dienone is 1. The normalized spacial score (nSPS) is 20.2. The highest BCUT2D eigenvalue weighted by Crippen LogP contribution is 2.15. The fourth-order valence-corrected chi connectivity index (χ4v) is 1.70. The van der Waals surface area contributed by atoms with Crippen LogP contribution in [-0.2, 0) is 4.79 Å². The van der Waals surface area contributed by atoms with Crippen molar-refractivity contribution in [3.8, 4) is 0 Å². The molecule has 0 aromatic heterocycles. The van der Waals surface area contributed by atoms with Gasteiger partial charge < -0.3 is 5.73 Å². The molecule has 1 heterocycles. The number of carbonyl (C=O) groups is 1. The number of nitrogen functional groups attached to an aromatic ring is 1. The van der Waals surface area contributed by atoms with Crippen LogP contribution in [0.25, 0.3) is 6.08 Å². The van der Waals surface area contributed by atoms with Crippen LogP contribution in [0.1, 0.15) is 18.9 Å². The number of amides is 1. The van der Waals surface area contributed by atoms with Crippen LogP contribution in [0.15, 0.2) is 35.4 Å². The number of nitrogens with one attached hydrogen (secondary N) is 1. The van der Waals surface area contributed by atoms with Crippen molar-refractivity contribution in [2.24, 2.45) is 11.0 Å². The maximum absolute atomic E-state index is 11.1. The van der Waals surface area contributed by atoms with Gasteiger partial charge in [0.2, 0.25) is 5.91 Å². The third-order valence-electron chi connectivity index (χ3n) is 2.74. The molecule has 1 unspecified atom stereocenters. The minimum Gasteiger partial charge on any atom is -0.398 e. The Morgan fingerprint density at radius 2 is 2.18 bits per heavy atom. The van der Waals surface area contributed by atoms with E-state index in [1.165, 1.54) is 0 Å². The smallest absolute Gasteiger partial charge is 0.240 e. The number of hydrazone groups is 1. The van der Waals surface area contributed by atoms with Crippen LogP contribution in [0.5, 0.6) is 0 Å². The van der Waals surface area contributed by atoms with E-state index < -0.39 is 0 Å². The van der Waals surface area contributed by atoms with Crippen molar-refractivity contribution < 1.29 is 4.79 Å². The quantitative estimate of drug-likeness (QED) is 0.759. The molecule has 17 heavy (non-hydrogen) atoms. The van der Waals surface area contributed by atoms with Gasteiger partial charge in [0.05, 0.1) is 5.71 Å². The average molecular weight is 229 g/mol. The fraction of sp³-hybridized carbons (Fsp3) is 0.231. The van der Waals surface area contributed by atoms with Gasteiger partial charge in [0.1, 0.15) is 0 Å². The number of carbonyl (C=O) groups excluding carboxylic acids is 1. The molecule has 0 bridgehead atoms. The van der Waals surface area contributed by atoms with Crippen LogP contribution in [-0.4, -0.2) is 11.6 Å². The van der Waals surface area contributed by atoms with E-state index in [9.17, 15) is 4.79 Å². The SMILES string of the molecule is CC1CC(=O)NN=C1C=Cc1ccccc1N. The third kappa shape index (κ3) is 2.72. The monoisotopic (exact) mass is 229 g/mol. The molecule has 88 valence electrons. The summed E-state index contributed by atoms with van der Waals surface area (Å²) in [6.07, 6.45) is 4.30. The zero-order valence-corrected chi connectivity index (χ0v) is 9.68. The lowest BCUT2D eigenvalue weighted by Crippen LogP contribution is -2.30. The van der Waals surface area contributed by atoms with Crippen molar-refractivity contribution in [3.63, 3.8) is 0 Å². The Morgan fingerprint density at radius 1 is 1.41 bits per heavy atom. The number of anilines is 1. The van der Waals surface area contributed by atoms with E-state index in [2.05, 4.69) is 10.5 Å². The Kier molecular flexibility index (Phi) is 3.23. The first kappa shape index (κ1) is 11.4. The fourth-order valence-electron chi connectivity index (χ4n) is 1.70. The Morgan fingerprint density at radius 3 is 2.88 bits per heavy atom. The van der Waals surface area contributed by atoms with E-state index in [0.717, 1.165) is 17.0 Å². The molecule has 0 spiro atoms. The lowest BCUT2D eigenvalue weighted by Gasteiger charge is -2.16. The summed E-state index contributed by atoms with van der Waals surface area (Å²) in [5, 5.41) is 4.03. The summed E-state index contributed by atoms with van der Waals surface area (Å²) in [5.41, 5.74) is 10.9. The number of benzene rings is 1. The molecule has 4 nitrogen and oxygen atoms in total. The van der Waals surface area contributed by atoms with Crippen molar-refractivity contribution in [1.82, 2.24) is 5.43 Å². The first-order valence-corrected chi connectivity index (χ1v) is 5.56. The molecule has 0 fully saturated rings. The predicted molar refractivity (Wildman–Crippen MR) is 69.2 cm³/mol. The van der Waals surface area contributed by atoms with Crippen molar-refractivity contribution in [2.75, 3.05) is 5.73 Å². The standard InChI is InChI=1S/C13H15N3O/c1-9-8-13(17)16-15-12(9)7-6-10-4-2-3-5-11(10)14/h2-7,9H,8,14H2,1H3,(H,16,17). The Labute approximate surface area is 100 Å². The van der Waals surface area contributed by atoms with Gasteiger partial charge in [-0.15, -0.1) is 0 Å². The van der Waals surface area contributed by atoms with Gasteiger partial charge in [-0.05, 0) is 17.7 Å². The van der Waals surface area contributed by atoms with E-state index in [-0.39, 0.29) is 11.8 Å².